The van der Waals surface area contributed by atoms with Crippen molar-refractivity contribution in [2.45, 2.75) is 25.7 Å². The molecule has 1 heterocycles. The van der Waals surface area contributed by atoms with Crippen LogP contribution < -0.4 is 0 Å². The van der Waals surface area contributed by atoms with Crippen LogP contribution in [0.3, 0.4) is 0 Å². The third kappa shape index (κ3) is 3.68. The smallest absolute Gasteiger partial charge is 0.230 e. The highest BCUT2D eigenvalue weighted by Crippen LogP contribution is 2.40. The van der Waals surface area contributed by atoms with Gasteiger partial charge in [0, 0.05) is 33.1 Å². The van der Waals surface area contributed by atoms with Crippen LogP contribution in [0.5, 0.6) is 0 Å². The average molecular weight is 377 g/mol. The van der Waals surface area contributed by atoms with Gasteiger partial charge in [-0.3, -0.25) is 9.59 Å². The molecule has 1 aliphatic heterocycles. The van der Waals surface area contributed by atoms with E-state index in [4.69, 9.17) is 0 Å². The summed E-state index contributed by atoms with van der Waals surface area (Å²) in [5.41, 5.74) is 2.96. The van der Waals surface area contributed by atoms with E-state index in [-0.39, 0.29) is 17.7 Å². The number of nitrogens with zero attached hydrogens (tertiary/aromatic N) is 2. The quantitative estimate of drug-likeness (QED) is 0.800. The number of rotatable bonds is 5. The Kier molecular flexibility index (Phi) is 4.96. The van der Waals surface area contributed by atoms with Crippen molar-refractivity contribution in [3.63, 3.8) is 0 Å². The maximum atomic E-state index is 13.2. The highest BCUT2D eigenvalue weighted by Gasteiger charge is 2.48. The number of benzene rings is 2. The zero-order chi connectivity index (χ0) is 19.7. The second-order valence-corrected chi connectivity index (χ2v) is 8.51. The molecule has 1 aliphatic carbocycles. The van der Waals surface area contributed by atoms with Crippen LogP contribution in [-0.2, 0) is 16.0 Å². The van der Waals surface area contributed by atoms with Crippen molar-refractivity contribution in [3.8, 4) is 11.1 Å². The predicted octanol–water partition coefficient (Wildman–Crippen LogP) is 3.61. The van der Waals surface area contributed by atoms with Gasteiger partial charge in [0.1, 0.15) is 0 Å². The average Bonchev–Trinajstić information content (AvgIpc) is 3.48. The first kappa shape index (κ1) is 18.7. The molecule has 4 heteroatoms. The minimum atomic E-state index is -0.524. The summed E-state index contributed by atoms with van der Waals surface area (Å²) in [7, 11) is 3.63. The Balaban J connectivity index is 1.60. The molecule has 2 aliphatic rings. The summed E-state index contributed by atoms with van der Waals surface area (Å²) in [6.07, 6.45) is 3.41. The van der Waals surface area contributed by atoms with Crippen LogP contribution in [0.15, 0.2) is 54.6 Å². The van der Waals surface area contributed by atoms with Gasteiger partial charge in [-0.25, -0.2) is 0 Å². The molecule has 0 unspecified atom stereocenters. The summed E-state index contributed by atoms with van der Waals surface area (Å²) in [5.74, 6) is 0.571. The molecule has 2 amide bonds. The standard InChI is InChI=1S/C24H28N2O2/c1-25(2)23(28)24(13-14-26(17-24)22(27)20-11-12-20)16-18-7-6-10-21(15-18)19-8-4-3-5-9-19/h3-10,15,20H,11-14,16-17H2,1-2H3/t24-/m0/s1. The maximum absolute atomic E-state index is 13.2. The number of amides is 2. The van der Waals surface area contributed by atoms with Gasteiger partial charge in [0.25, 0.3) is 0 Å². The minimum absolute atomic E-state index is 0.128. The topological polar surface area (TPSA) is 40.6 Å². The predicted molar refractivity (Wildman–Crippen MR) is 111 cm³/mol. The van der Waals surface area contributed by atoms with E-state index < -0.39 is 5.41 Å². The first-order chi connectivity index (χ1) is 13.5. The summed E-state index contributed by atoms with van der Waals surface area (Å²) in [6.45, 7) is 1.22. The van der Waals surface area contributed by atoms with Crippen LogP contribution in [-0.4, -0.2) is 48.8 Å². The van der Waals surface area contributed by atoms with Crippen molar-refractivity contribution in [2.75, 3.05) is 27.2 Å². The van der Waals surface area contributed by atoms with Gasteiger partial charge in [-0.05, 0) is 42.4 Å². The Bertz CT molecular complexity index is 873. The molecule has 0 radical (unpaired) electrons. The number of likely N-dealkylation sites (tertiary alicyclic amines) is 1. The highest BCUT2D eigenvalue weighted by molar-refractivity contribution is 5.86. The molecule has 1 saturated heterocycles. The fourth-order valence-corrected chi connectivity index (χ4v) is 4.40. The molecule has 2 aromatic rings. The summed E-state index contributed by atoms with van der Waals surface area (Å²) in [5, 5.41) is 0. The Morgan fingerprint density at radius 2 is 1.75 bits per heavy atom. The second kappa shape index (κ2) is 7.42. The van der Waals surface area contributed by atoms with E-state index >= 15 is 0 Å². The molecule has 146 valence electrons. The third-order valence-electron chi connectivity index (χ3n) is 6.03. The summed E-state index contributed by atoms with van der Waals surface area (Å²) < 4.78 is 0. The van der Waals surface area contributed by atoms with Crippen molar-refractivity contribution >= 4 is 11.8 Å². The monoisotopic (exact) mass is 376 g/mol. The van der Waals surface area contributed by atoms with Gasteiger partial charge in [-0.1, -0.05) is 54.6 Å². The van der Waals surface area contributed by atoms with Crippen LogP contribution in [0.1, 0.15) is 24.8 Å². The molecule has 2 aromatic carbocycles. The van der Waals surface area contributed by atoms with E-state index in [1.54, 1.807) is 4.90 Å². The summed E-state index contributed by atoms with van der Waals surface area (Å²) in [6, 6.07) is 18.8. The molecule has 1 saturated carbocycles. The van der Waals surface area contributed by atoms with Gasteiger partial charge in [0.05, 0.1) is 5.41 Å². The van der Waals surface area contributed by atoms with E-state index in [0.29, 0.717) is 19.5 Å². The molecular weight excluding hydrogens is 348 g/mol. The molecular formula is C24H28N2O2. The lowest BCUT2D eigenvalue weighted by atomic mass is 9.79. The highest BCUT2D eigenvalue weighted by atomic mass is 16.2. The largest absolute Gasteiger partial charge is 0.348 e. The summed E-state index contributed by atoms with van der Waals surface area (Å²) >= 11 is 0. The van der Waals surface area contributed by atoms with Crippen LogP contribution in [0.4, 0.5) is 0 Å². The van der Waals surface area contributed by atoms with Gasteiger partial charge in [-0.15, -0.1) is 0 Å². The second-order valence-electron chi connectivity index (χ2n) is 8.51. The van der Waals surface area contributed by atoms with E-state index in [1.165, 1.54) is 5.56 Å². The fourth-order valence-electron chi connectivity index (χ4n) is 4.40. The molecule has 28 heavy (non-hydrogen) atoms. The van der Waals surface area contributed by atoms with Gasteiger partial charge in [0.2, 0.25) is 11.8 Å². The normalized spacial score (nSPS) is 21.6. The SMILES string of the molecule is CN(C)C(=O)[C@]1(Cc2cccc(-c3ccccc3)c2)CCN(C(=O)C2CC2)C1. The molecule has 0 N–H and O–H groups in total. The van der Waals surface area contributed by atoms with Crippen molar-refractivity contribution < 1.29 is 9.59 Å². The minimum Gasteiger partial charge on any atom is -0.348 e. The molecule has 0 spiro atoms. The van der Waals surface area contributed by atoms with E-state index in [2.05, 4.69) is 36.4 Å². The Morgan fingerprint density at radius 3 is 2.43 bits per heavy atom. The van der Waals surface area contributed by atoms with Gasteiger partial charge >= 0.3 is 0 Å². The molecule has 1 atom stereocenters. The van der Waals surface area contributed by atoms with Gasteiger partial charge in [-0.2, -0.15) is 0 Å². The van der Waals surface area contributed by atoms with Crippen LogP contribution in [0.25, 0.3) is 11.1 Å². The Hall–Kier alpha value is -2.62. The lowest BCUT2D eigenvalue weighted by Gasteiger charge is -2.31. The number of hydrogen-bond donors (Lipinski definition) is 0. The maximum Gasteiger partial charge on any atom is 0.230 e. The molecule has 4 rings (SSSR count). The molecule has 0 aromatic heterocycles. The number of carbonyl (C=O) groups is 2. The van der Waals surface area contributed by atoms with Crippen molar-refractivity contribution in [2.24, 2.45) is 11.3 Å². The Labute approximate surface area is 167 Å². The zero-order valence-electron chi connectivity index (χ0n) is 16.7. The van der Waals surface area contributed by atoms with Gasteiger partial charge < -0.3 is 9.80 Å². The van der Waals surface area contributed by atoms with Crippen molar-refractivity contribution in [3.05, 3.63) is 60.2 Å². The molecule has 0 bridgehead atoms. The lowest BCUT2D eigenvalue weighted by molar-refractivity contribution is -0.139. The number of hydrogen-bond acceptors (Lipinski definition) is 2. The van der Waals surface area contributed by atoms with Crippen molar-refractivity contribution in [1.82, 2.24) is 9.80 Å². The molecule has 4 nitrogen and oxygen atoms in total. The first-order valence-corrected chi connectivity index (χ1v) is 10.1. The van der Waals surface area contributed by atoms with Crippen LogP contribution in [0.2, 0.25) is 0 Å². The first-order valence-electron chi connectivity index (χ1n) is 10.1. The van der Waals surface area contributed by atoms with Crippen LogP contribution >= 0.6 is 0 Å². The van der Waals surface area contributed by atoms with Gasteiger partial charge in [0.15, 0.2) is 0 Å². The lowest BCUT2D eigenvalue weighted by Crippen LogP contribution is -2.44. The summed E-state index contributed by atoms with van der Waals surface area (Å²) in [4.78, 5) is 29.4. The van der Waals surface area contributed by atoms with E-state index in [0.717, 1.165) is 30.4 Å². The van der Waals surface area contributed by atoms with E-state index in [1.807, 2.05) is 37.2 Å². The fraction of sp³-hybridized carbons (Fsp3) is 0.417. The number of carbonyl (C=O) groups excluding carboxylic acids is 2. The Morgan fingerprint density at radius 1 is 1.04 bits per heavy atom. The molecule has 2 fully saturated rings. The third-order valence-corrected chi connectivity index (χ3v) is 6.03. The van der Waals surface area contributed by atoms with Crippen LogP contribution in [0, 0.1) is 11.3 Å². The zero-order valence-corrected chi connectivity index (χ0v) is 16.7. The van der Waals surface area contributed by atoms with E-state index in [9.17, 15) is 9.59 Å². The van der Waals surface area contributed by atoms with Crippen molar-refractivity contribution in [1.29, 1.82) is 0 Å².